The van der Waals surface area contributed by atoms with E-state index < -0.39 is 0 Å². The van der Waals surface area contributed by atoms with Crippen LogP contribution in [0, 0.1) is 0 Å². The predicted octanol–water partition coefficient (Wildman–Crippen LogP) is -1.07. The van der Waals surface area contributed by atoms with Crippen molar-refractivity contribution >= 4 is 0 Å². The van der Waals surface area contributed by atoms with Crippen molar-refractivity contribution in [1.29, 1.82) is 0 Å². The van der Waals surface area contributed by atoms with Crippen LogP contribution in [0.4, 0.5) is 0 Å². The van der Waals surface area contributed by atoms with Gasteiger partial charge in [0.05, 0.1) is 6.10 Å². The number of piperidine rings is 1. The molecule has 3 N–H and O–H groups in total. The highest BCUT2D eigenvalue weighted by atomic mass is 16.3. The minimum atomic E-state index is -0.156. The first-order valence-corrected chi connectivity index (χ1v) is 3.40. The fourth-order valence-corrected chi connectivity index (χ4v) is 1.14. The summed E-state index contributed by atoms with van der Waals surface area (Å²) >= 11 is 0. The lowest BCUT2D eigenvalue weighted by molar-refractivity contribution is 0.103. The van der Waals surface area contributed by atoms with Crippen LogP contribution in [-0.4, -0.2) is 37.4 Å². The molecule has 0 amide bonds. The fourth-order valence-electron chi connectivity index (χ4n) is 1.14. The summed E-state index contributed by atoms with van der Waals surface area (Å²) in [5, 5.41) is 15.5. The molecule has 54 valence electrons. The quantitative estimate of drug-likeness (QED) is 0.423. The summed E-state index contributed by atoms with van der Waals surface area (Å²) in [6.07, 6.45) is 0.710. The number of rotatable bonds is 1. The molecule has 3 nitrogen and oxygen atoms in total. The van der Waals surface area contributed by atoms with Gasteiger partial charge >= 0.3 is 0 Å². The van der Waals surface area contributed by atoms with Gasteiger partial charge in [-0.15, -0.1) is 0 Å². The smallest absolute Gasteiger partial charge is 0.0717 e. The van der Waals surface area contributed by atoms with Crippen molar-refractivity contribution in [3.8, 4) is 0 Å². The molecule has 0 spiro atoms. The van der Waals surface area contributed by atoms with Crippen LogP contribution in [0.2, 0.25) is 0 Å². The van der Waals surface area contributed by atoms with E-state index >= 15 is 0 Å². The highest BCUT2D eigenvalue weighted by Gasteiger charge is 2.19. The number of hydrogen-bond acceptors (Lipinski definition) is 3. The standard InChI is InChI=1S/C6H14N2O/c1-7-5-4-8-3-2-6(5)9/h5-9H,2-4H2,1H3/t5-,6-/m0/s1. The lowest BCUT2D eigenvalue weighted by atomic mass is 10.0. The van der Waals surface area contributed by atoms with E-state index in [-0.39, 0.29) is 12.1 Å². The second-order valence-electron chi connectivity index (χ2n) is 2.46. The van der Waals surface area contributed by atoms with Crippen molar-refractivity contribution in [2.24, 2.45) is 0 Å². The van der Waals surface area contributed by atoms with Crippen molar-refractivity contribution in [3.05, 3.63) is 0 Å². The number of aliphatic hydroxyl groups excluding tert-OH is 1. The first-order chi connectivity index (χ1) is 4.34. The van der Waals surface area contributed by atoms with E-state index in [0.29, 0.717) is 0 Å². The normalized spacial score (nSPS) is 36.7. The van der Waals surface area contributed by atoms with Gasteiger partial charge in [0.25, 0.3) is 0 Å². The second-order valence-corrected chi connectivity index (χ2v) is 2.46. The molecule has 0 aromatic rings. The molecular formula is C6H14N2O. The summed E-state index contributed by atoms with van der Waals surface area (Å²) in [7, 11) is 1.88. The van der Waals surface area contributed by atoms with Crippen molar-refractivity contribution in [1.82, 2.24) is 10.6 Å². The molecule has 0 radical (unpaired) electrons. The topological polar surface area (TPSA) is 44.3 Å². The Labute approximate surface area is 55.5 Å². The summed E-state index contributed by atoms with van der Waals surface area (Å²) in [6.45, 7) is 1.83. The van der Waals surface area contributed by atoms with Crippen LogP contribution in [0.3, 0.4) is 0 Å². The van der Waals surface area contributed by atoms with Gasteiger partial charge in [-0.05, 0) is 20.0 Å². The highest BCUT2D eigenvalue weighted by Crippen LogP contribution is 2.01. The Morgan fingerprint density at radius 3 is 2.89 bits per heavy atom. The fraction of sp³-hybridized carbons (Fsp3) is 1.00. The Kier molecular flexibility index (Phi) is 2.45. The average Bonchev–Trinajstić information content (AvgIpc) is 1.89. The predicted molar refractivity (Wildman–Crippen MR) is 36.3 cm³/mol. The summed E-state index contributed by atoms with van der Waals surface area (Å²) in [6, 6.07) is 0.249. The van der Waals surface area contributed by atoms with Crippen LogP contribution in [0.5, 0.6) is 0 Å². The lowest BCUT2D eigenvalue weighted by Crippen LogP contribution is -2.50. The number of aliphatic hydroxyl groups is 1. The van der Waals surface area contributed by atoms with Crippen LogP contribution in [0.25, 0.3) is 0 Å². The molecule has 1 fully saturated rings. The zero-order chi connectivity index (χ0) is 6.69. The van der Waals surface area contributed by atoms with Crippen LogP contribution in [0.15, 0.2) is 0 Å². The third kappa shape index (κ3) is 1.64. The molecule has 1 rings (SSSR count). The van der Waals surface area contributed by atoms with E-state index in [1.54, 1.807) is 0 Å². The monoisotopic (exact) mass is 130 g/mol. The Hall–Kier alpha value is -0.120. The molecule has 1 heterocycles. The second kappa shape index (κ2) is 3.15. The molecule has 2 atom stereocenters. The third-order valence-corrected chi connectivity index (χ3v) is 1.82. The van der Waals surface area contributed by atoms with Crippen LogP contribution >= 0.6 is 0 Å². The van der Waals surface area contributed by atoms with Crippen molar-refractivity contribution < 1.29 is 5.11 Å². The Bertz CT molecular complexity index is 87.1. The van der Waals surface area contributed by atoms with E-state index in [9.17, 15) is 5.11 Å². The third-order valence-electron chi connectivity index (χ3n) is 1.82. The van der Waals surface area contributed by atoms with Crippen molar-refractivity contribution in [2.75, 3.05) is 20.1 Å². The van der Waals surface area contributed by atoms with Gasteiger partial charge in [0.2, 0.25) is 0 Å². The SMILES string of the molecule is CN[C@H]1CNCC[C@@H]1O. The van der Waals surface area contributed by atoms with Gasteiger partial charge in [-0.2, -0.15) is 0 Å². The van der Waals surface area contributed by atoms with E-state index in [4.69, 9.17) is 0 Å². The molecule has 1 saturated heterocycles. The highest BCUT2D eigenvalue weighted by molar-refractivity contribution is 4.81. The van der Waals surface area contributed by atoms with Crippen molar-refractivity contribution in [3.63, 3.8) is 0 Å². The number of nitrogens with one attached hydrogen (secondary N) is 2. The largest absolute Gasteiger partial charge is 0.391 e. The van der Waals surface area contributed by atoms with Crippen LogP contribution in [-0.2, 0) is 0 Å². The minimum Gasteiger partial charge on any atom is -0.391 e. The summed E-state index contributed by atoms with van der Waals surface area (Å²) in [5.74, 6) is 0. The van der Waals surface area contributed by atoms with E-state index in [1.807, 2.05) is 7.05 Å². The van der Waals surface area contributed by atoms with Crippen LogP contribution in [0.1, 0.15) is 6.42 Å². The zero-order valence-corrected chi connectivity index (χ0v) is 5.72. The molecule has 0 bridgehead atoms. The van der Waals surface area contributed by atoms with Gasteiger partial charge in [0, 0.05) is 12.6 Å². The molecular weight excluding hydrogens is 116 g/mol. The maximum atomic E-state index is 9.27. The molecule has 3 heteroatoms. The van der Waals surface area contributed by atoms with Gasteiger partial charge < -0.3 is 15.7 Å². The van der Waals surface area contributed by atoms with Gasteiger partial charge in [-0.25, -0.2) is 0 Å². The van der Waals surface area contributed by atoms with Gasteiger partial charge in [0.1, 0.15) is 0 Å². The maximum absolute atomic E-state index is 9.27. The summed E-state index contributed by atoms with van der Waals surface area (Å²) < 4.78 is 0. The Morgan fingerprint density at radius 1 is 1.67 bits per heavy atom. The van der Waals surface area contributed by atoms with E-state index in [1.165, 1.54) is 0 Å². The van der Waals surface area contributed by atoms with Crippen LogP contribution < -0.4 is 10.6 Å². The zero-order valence-electron chi connectivity index (χ0n) is 5.72. The number of likely N-dealkylation sites (N-methyl/N-ethyl adjacent to an activating group) is 1. The van der Waals surface area contributed by atoms with Gasteiger partial charge in [-0.1, -0.05) is 0 Å². The lowest BCUT2D eigenvalue weighted by Gasteiger charge is -2.27. The molecule has 1 aliphatic heterocycles. The Balaban J connectivity index is 2.30. The Morgan fingerprint density at radius 2 is 2.44 bits per heavy atom. The molecule has 0 aromatic heterocycles. The molecule has 0 aliphatic carbocycles. The molecule has 0 aromatic carbocycles. The summed E-state index contributed by atoms with van der Waals surface area (Å²) in [5.41, 5.74) is 0. The maximum Gasteiger partial charge on any atom is 0.0717 e. The minimum absolute atomic E-state index is 0.156. The van der Waals surface area contributed by atoms with Gasteiger partial charge in [-0.3, -0.25) is 0 Å². The first-order valence-electron chi connectivity index (χ1n) is 3.40. The molecule has 9 heavy (non-hydrogen) atoms. The van der Waals surface area contributed by atoms with Crippen molar-refractivity contribution in [2.45, 2.75) is 18.6 Å². The molecule has 1 aliphatic rings. The van der Waals surface area contributed by atoms with E-state index in [2.05, 4.69) is 10.6 Å². The number of hydrogen-bond donors (Lipinski definition) is 3. The molecule has 0 saturated carbocycles. The van der Waals surface area contributed by atoms with Gasteiger partial charge in [0.15, 0.2) is 0 Å². The molecule has 0 unspecified atom stereocenters. The first kappa shape index (κ1) is 6.99. The summed E-state index contributed by atoms with van der Waals surface area (Å²) in [4.78, 5) is 0. The van der Waals surface area contributed by atoms with E-state index in [0.717, 1.165) is 19.5 Å². The average molecular weight is 130 g/mol.